The predicted molar refractivity (Wildman–Crippen MR) is 80.6 cm³/mol. The van der Waals surface area contributed by atoms with Crippen molar-refractivity contribution in [3.05, 3.63) is 58.4 Å². The lowest BCUT2D eigenvalue weighted by Gasteiger charge is -2.09. The second-order valence-electron chi connectivity index (χ2n) is 4.07. The lowest BCUT2D eigenvalue weighted by atomic mass is 10.2. The van der Waals surface area contributed by atoms with Crippen molar-refractivity contribution < 1.29 is 4.74 Å². The van der Waals surface area contributed by atoms with E-state index in [1.807, 2.05) is 25.1 Å². The molecule has 98 valence electrons. The fourth-order valence-corrected chi connectivity index (χ4v) is 1.96. The first kappa shape index (κ1) is 13.8. The Morgan fingerprint density at radius 1 is 1.37 bits per heavy atom. The van der Waals surface area contributed by atoms with E-state index in [9.17, 15) is 0 Å². The Bertz CT molecular complexity index is 616. The zero-order valence-electron chi connectivity index (χ0n) is 10.4. The summed E-state index contributed by atoms with van der Waals surface area (Å²) in [6, 6.07) is 11.0. The summed E-state index contributed by atoms with van der Waals surface area (Å²) in [6.45, 7) is 2.31. The fourth-order valence-electron chi connectivity index (χ4n) is 1.60. The largest absolute Gasteiger partial charge is 0.486 e. The highest BCUT2D eigenvalue weighted by molar-refractivity contribution is 7.80. The molecule has 1 aromatic carbocycles. The van der Waals surface area contributed by atoms with Gasteiger partial charge < -0.3 is 10.5 Å². The molecule has 0 amide bonds. The molecule has 0 atom stereocenters. The zero-order chi connectivity index (χ0) is 13.8. The molecule has 0 bridgehead atoms. The summed E-state index contributed by atoms with van der Waals surface area (Å²) in [4.78, 5) is 4.67. The highest BCUT2D eigenvalue weighted by atomic mass is 35.5. The van der Waals surface area contributed by atoms with Gasteiger partial charge in [0.05, 0.1) is 10.7 Å². The number of aryl methyl sites for hydroxylation is 1. The van der Waals surface area contributed by atoms with Crippen LogP contribution in [0.1, 0.15) is 17.0 Å². The summed E-state index contributed by atoms with van der Waals surface area (Å²) in [5.41, 5.74) is 8.07. The normalized spacial score (nSPS) is 10.2. The molecule has 0 radical (unpaired) electrons. The van der Waals surface area contributed by atoms with Crippen LogP contribution >= 0.6 is 23.8 Å². The van der Waals surface area contributed by atoms with Gasteiger partial charge in [-0.15, -0.1) is 0 Å². The van der Waals surface area contributed by atoms with E-state index in [0.717, 1.165) is 17.0 Å². The second-order valence-corrected chi connectivity index (χ2v) is 4.92. The molecule has 0 aliphatic rings. The summed E-state index contributed by atoms with van der Waals surface area (Å²) in [6.07, 6.45) is 0. The standard InChI is InChI=1S/C14H13ClN2OS/c1-9-3-2-4-11(17-9)8-18-13-6-5-10(14(16)19)7-12(13)15/h2-7H,8H2,1H3,(H2,16,19). The minimum Gasteiger partial charge on any atom is -0.486 e. The Balaban J connectivity index is 2.10. The summed E-state index contributed by atoms with van der Waals surface area (Å²) in [5, 5.41) is 0.484. The van der Waals surface area contributed by atoms with Gasteiger partial charge in [0.1, 0.15) is 17.3 Å². The number of pyridine rings is 1. The van der Waals surface area contributed by atoms with E-state index >= 15 is 0 Å². The average Bonchev–Trinajstić information content (AvgIpc) is 2.37. The molecule has 0 spiro atoms. The first-order valence-corrected chi connectivity index (χ1v) is 6.49. The van der Waals surface area contributed by atoms with Gasteiger partial charge in [-0.2, -0.15) is 0 Å². The monoisotopic (exact) mass is 292 g/mol. The number of halogens is 1. The zero-order valence-corrected chi connectivity index (χ0v) is 12.0. The van der Waals surface area contributed by atoms with Crippen LogP contribution in [0.2, 0.25) is 5.02 Å². The molecule has 0 saturated heterocycles. The first-order chi connectivity index (χ1) is 9.06. The molecule has 0 fully saturated rings. The number of rotatable bonds is 4. The highest BCUT2D eigenvalue weighted by Crippen LogP contribution is 2.26. The Morgan fingerprint density at radius 3 is 2.79 bits per heavy atom. The summed E-state index contributed by atoms with van der Waals surface area (Å²) in [5.74, 6) is 0.588. The number of benzene rings is 1. The Hall–Kier alpha value is -1.65. The van der Waals surface area contributed by atoms with Crippen LogP contribution in [0.4, 0.5) is 0 Å². The number of hydrogen-bond acceptors (Lipinski definition) is 3. The van der Waals surface area contributed by atoms with E-state index in [-0.39, 0.29) is 0 Å². The number of nitrogens with zero attached hydrogens (tertiary/aromatic N) is 1. The van der Waals surface area contributed by atoms with E-state index in [2.05, 4.69) is 4.98 Å². The van der Waals surface area contributed by atoms with Crippen molar-refractivity contribution in [1.82, 2.24) is 4.98 Å². The van der Waals surface area contributed by atoms with Crippen LogP contribution in [-0.4, -0.2) is 9.97 Å². The maximum absolute atomic E-state index is 6.11. The van der Waals surface area contributed by atoms with Crippen LogP contribution in [0.15, 0.2) is 36.4 Å². The SMILES string of the molecule is Cc1cccc(COc2ccc(C(N)=S)cc2Cl)n1. The van der Waals surface area contributed by atoms with Crippen molar-refractivity contribution in [2.45, 2.75) is 13.5 Å². The molecular weight excluding hydrogens is 280 g/mol. The molecule has 0 aliphatic carbocycles. The van der Waals surface area contributed by atoms with Crippen molar-refractivity contribution >= 4 is 28.8 Å². The van der Waals surface area contributed by atoms with E-state index in [1.54, 1.807) is 18.2 Å². The number of hydrogen-bond donors (Lipinski definition) is 1. The van der Waals surface area contributed by atoms with Crippen molar-refractivity contribution in [3.8, 4) is 5.75 Å². The van der Waals surface area contributed by atoms with Crippen LogP contribution in [0.25, 0.3) is 0 Å². The van der Waals surface area contributed by atoms with E-state index in [1.165, 1.54) is 0 Å². The molecule has 0 aliphatic heterocycles. The molecule has 1 heterocycles. The molecule has 5 heteroatoms. The summed E-state index contributed by atoms with van der Waals surface area (Å²) in [7, 11) is 0. The summed E-state index contributed by atoms with van der Waals surface area (Å²) >= 11 is 11.0. The Labute approximate surface area is 122 Å². The van der Waals surface area contributed by atoms with Crippen LogP contribution in [0.3, 0.4) is 0 Å². The van der Waals surface area contributed by atoms with E-state index in [4.69, 9.17) is 34.3 Å². The van der Waals surface area contributed by atoms with E-state index < -0.39 is 0 Å². The van der Waals surface area contributed by atoms with Crippen molar-refractivity contribution in [2.24, 2.45) is 5.73 Å². The van der Waals surface area contributed by atoms with Crippen molar-refractivity contribution in [2.75, 3.05) is 0 Å². The maximum atomic E-state index is 6.11. The van der Waals surface area contributed by atoms with Gasteiger partial charge in [0.15, 0.2) is 0 Å². The smallest absolute Gasteiger partial charge is 0.138 e. The van der Waals surface area contributed by atoms with Gasteiger partial charge in [-0.25, -0.2) is 0 Å². The van der Waals surface area contributed by atoms with Gasteiger partial charge in [0.25, 0.3) is 0 Å². The van der Waals surface area contributed by atoms with Gasteiger partial charge in [-0.1, -0.05) is 29.9 Å². The molecule has 2 rings (SSSR count). The number of thiocarbonyl (C=S) groups is 1. The van der Waals surface area contributed by atoms with Crippen molar-refractivity contribution in [3.63, 3.8) is 0 Å². The first-order valence-electron chi connectivity index (χ1n) is 5.71. The molecule has 2 N–H and O–H groups in total. The van der Waals surface area contributed by atoms with Crippen LogP contribution in [-0.2, 0) is 6.61 Å². The Kier molecular flexibility index (Phi) is 4.35. The highest BCUT2D eigenvalue weighted by Gasteiger charge is 2.05. The van der Waals surface area contributed by atoms with Gasteiger partial charge >= 0.3 is 0 Å². The second kappa shape index (κ2) is 5.99. The molecule has 0 saturated carbocycles. The van der Waals surface area contributed by atoms with E-state index in [0.29, 0.717) is 22.4 Å². The summed E-state index contributed by atoms with van der Waals surface area (Å²) < 4.78 is 5.63. The van der Waals surface area contributed by atoms with Gasteiger partial charge in [0.2, 0.25) is 0 Å². The number of ether oxygens (including phenoxy) is 1. The van der Waals surface area contributed by atoms with Crippen LogP contribution in [0.5, 0.6) is 5.75 Å². The molecular formula is C14H13ClN2OS. The third-order valence-corrected chi connectivity index (χ3v) is 3.07. The molecule has 2 aromatic rings. The molecule has 19 heavy (non-hydrogen) atoms. The number of nitrogens with two attached hydrogens (primary N) is 1. The quantitative estimate of drug-likeness (QED) is 0.879. The molecule has 1 aromatic heterocycles. The average molecular weight is 293 g/mol. The third-order valence-electron chi connectivity index (χ3n) is 2.54. The Morgan fingerprint density at radius 2 is 2.16 bits per heavy atom. The third kappa shape index (κ3) is 3.66. The predicted octanol–water partition coefficient (Wildman–Crippen LogP) is 3.26. The minimum atomic E-state index is 0.314. The lowest BCUT2D eigenvalue weighted by Crippen LogP contribution is -2.09. The molecule has 3 nitrogen and oxygen atoms in total. The number of aromatic nitrogens is 1. The van der Waals surface area contributed by atoms with Gasteiger partial charge in [-0.3, -0.25) is 4.98 Å². The molecule has 0 unspecified atom stereocenters. The van der Waals surface area contributed by atoms with Crippen molar-refractivity contribution in [1.29, 1.82) is 0 Å². The topological polar surface area (TPSA) is 48.1 Å². The fraction of sp³-hybridized carbons (Fsp3) is 0.143. The van der Waals surface area contributed by atoms with Crippen LogP contribution < -0.4 is 10.5 Å². The lowest BCUT2D eigenvalue weighted by molar-refractivity contribution is 0.301. The van der Waals surface area contributed by atoms with Gasteiger partial charge in [-0.05, 0) is 37.3 Å². The maximum Gasteiger partial charge on any atom is 0.138 e. The van der Waals surface area contributed by atoms with Crippen LogP contribution in [0, 0.1) is 6.92 Å². The van der Waals surface area contributed by atoms with Gasteiger partial charge in [0, 0.05) is 11.3 Å². The minimum absolute atomic E-state index is 0.314.